The van der Waals surface area contributed by atoms with Gasteiger partial charge >= 0.3 is 0 Å². The van der Waals surface area contributed by atoms with Crippen molar-refractivity contribution in [2.75, 3.05) is 24.3 Å². The van der Waals surface area contributed by atoms with Crippen molar-refractivity contribution in [3.63, 3.8) is 0 Å². The molecule has 8 nitrogen and oxygen atoms in total. The van der Waals surface area contributed by atoms with Crippen molar-refractivity contribution < 1.29 is 25.9 Å². The van der Waals surface area contributed by atoms with Crippen LogP contribution in [0.3, 0.4) is 0 Å². The molecule has 0 fully saturated rings. The summed E-state index contributed by atoms with van der Waals surface area (Å²) in [5, 5.41) is 3.74. The van der Waals surface area contributed by atoms with Gasteiger partial charge in [0.1, 0.15) is 0 Å². The van der Waals surface area contributed by atoms with Crippen LogP contribution in [0, 0.1) is 0 Å². The molecule has 11 heteroatoms. The minimum Gasteiger partial charge on any atom is -0.388 e. The van der Waals surface area contributed by atoms with E-state index in [2.05, 4.69) is 11.9 Å². The Kier molecular flexibility index (Phi) is 9.19. The quantitative estimate of drug-likeness (QED) is 0.196. The number of nitrogens with one attached hydrogen (secondary N) is 1. The van der Waals surface area contributed by atoms with Gasteiger partial charge in [-0.1, -0.05) is 64.1 Å². The fourth-order valence-electron chi connectivity index (χ4n) is 5.86. The Hall–Kier alpha value is -3.15. The highest BCUT2D eigenvalue weighted by molar-refractivity contribution is 7.86. The molecule has 0 amide bonds. The third kappa shape index (κ3) is 6.46. The molecule has 0 atom stereocenters. The largest absolute Gasteiger partial charge is 0.388 e. The predicted molar refractivity (Wildman–Crippen MR) is 178 cm³/mol. The van der Waals surface area contributed by atoms with Gasteiger partial charge in [0.15, 0.2) is 0 Å². The molecule has 0 aromatic heterocycles. The Balaban J connectivity index is 1.64. The van der Waals surface area contributed by atoms with Crippen LogP contribution in [0.2, 0.25) is 0 Å². The van der Waals surface area contributed by atoms with Crippen LogP contribution in [0.15, 0.2) is 105 Å². The van der Waals surface area contributed by atoms with Gasteiger partial charge in [0.25, 0.3) is 20.2 Å². The zero-order chi connectivity index (χ0) is 32.8. The summed E-state index contributed by atoms with van der Waals surface area (Å²) in [6, 6.07) is 9.08. The van der Waals surface area contributed by atoms with Crippen LogP contribution in [0.25, 0.3) is 0 Å². The molecule has 236 valence electrons. The number of allylic oxidation sites excluding steroid dienone is 9. The summed E-state index contributed by atoms with van der Waals surface area (Å²) >= 11 is 6.92. The predicted octanol–water partition coefficient (Wildman–Crippen LogP) is 7.53. The lowest BCUT2D eigenvalue weighted by Crippen LogP contribution is -2.22. The van der Waals surface area contributed by atoms with Crippen molar-refractivity contribution in [1.82, 2.24) is 0 Å². The Labute approximate surface area is 266 Å². The van der Waals surface area contributed by atoms with Crippen molar-refractivity contribution in [2.45, 2.75) is 67.6 Å². The van der Waals surface area contributed by atoms with Crippen molar-refractivity contribution in [3.8, 4) is 0 Å². The van der Waals surface area contributed by atoms with Crippen molar-refractivity contribution in [2.24, 2.45) is 0 Å². The Morgan fingerprint density at radius 2 is 1.64 bits per heavy atom. The lowest BCUT2D eigenvalue weighted by molar-refractivity contribution is 0.480. The van der Waals surface area contributed by atoms with Crippen LogP contribution < -0.4 is 10.2 Å². The van der Waals surface area contributed by atoms with Crippen LogP contribution >= 0.6 is 11.6 Å². The van der Waals surface area contributed by atoms with Gasteiger partial charge < -0.3 is 10.2 Å². The molecular formula is C33H39ClN2O6S2. The van der Waals surface area contributed by atoms with Gasteiger partial charge in [-0.05, 0) is 89.6 Å². The number of hydrogen-bond donors (Lipinski definition) is 3. The molecule has 3 N–H and O–H groups in total. The smallest absolute Gasteiger partial charge is 0.294 e. The van der Waals surface area contributed by atoms with Crippen LogP contribution in [0.1, 0.15) is 58.1 Å². The molecule has 2 aliphatic rings. The maximum Gasteiger partial charge on any atom is 0.294 e. The highest BCUT2D eigenvalue weighted by atomic mass is 35.5. The maximum absolute atomic E-state index is 11.8. The average Bonchev–Trinajstić information content (AvgIpc) is 3.14. The summed E-state index contributed by atoms with van der Waals surface area (Å²) in [5.41, 5.74) is 5.50. The van der Waals surface area contributed by atoms with Gasteiger partial charge in [-0.15, -0.1) is 0 Å². The second-order valence-electron chi connectivity index (χ2n) is 12.2. The van der Waals surface area contributed by atoms with Crippen molar-refractivity contribution in [1.29, 1.82) is 0 Å². The van der Waals surface area contributed by atoms with Crippen LogP contribution in [-0.2, 0) is 31.1 Å². The number of halogens is 1. The van der Waals surface area contributed by atoms with Gasteiger partial charge in [0, 0.05) is 47.0 Å². The van der Waals surface area contributed by atoms with Gasteiger partial charge in [0.2, 0.25) is 0 Å². The normalized spacial score (nSPS) is 19.2. The summed E-state index contributed by atoms with van der Waals surface area (Å²) in [6.45, 7) is 12.2. The summed E-state index contributed by atoms with van der Waals surface area (Å²) in [4.78, 5) is 1.70. The molecule has 0 spiro atoms. The summed E-state index contributed by atoms with van der Waals surface area (Å²) < 4.78 is 66.3. The number of likely N-dealkylation sites (N-methyl/N-ethyl adjacent to an activating group) is 1. The van der Waals surface area contributed by atoms with E-state index in [0.717, 1.165) is 58.6 Å². The molecule has 1 aliphatic carbocycles. The molecule has 2 aromatic carbocycles. The van der Waals surface area contributed by atoms with Crippen molar-refractivity contribution in [3.05, 3.63) is 106 Å². The molecule has 0 saturated carbocycles. The molecule has 44 heavy (non-hydrogen) atoms. The average molecular weight is 659 g/mol. The standard InChI is InChI=1S/C33H39ClN2O6S2/c1-21(32(2,3)26-19-24(43(37,38)39)14-16-28(26)35-6)11-12-22-9-8-10-23(31(22)34)13-18-30-33(4,5)27-20-25(44(40,41)42)15-17-29(27)36(30)7/h11-20,35H,1,8-10H2,2-7H3,(H,37,38,39)(H,40,41,42)/b12-11+,23-13+,30-18+. The number of hydrogen-bond acceptors (Lipinski definition) is 6. The van der Waals surface area contributed by atoms with Crippen LogP contribution in [-0.4, -0.2) is 40.0 Å². The molecule has 1 aliphatic heterocycles. The second kappa shape index (κ2) is 12.0. The van der Waals surface area contributed by atoms with E-state index in [1.54, 1.807) is 19.2 Å². The van der Waals surface area contributed by atoms with E-state index in [-0.39, 0.29) is 9.79 Å². The third-order valence-corrected chi connectivity index (χ3v) is 10.9. The molecule has 0 unspecified atom stereocenters. The number of nitrogens with zero attached hydrogens (tertiary/aromatic N) is 1. The number of rotatable bonds is 8. The Bertz CT molecular complexity index is 1870. The first-order valence-electron chi connectivity index (χ1n) is 14.1. The second-order valence-corrected chi connectivity index (χ2v) is 15.4. The molecule has 0 radical (unpaired) electrons. The molecule has 2 aromatic rings. The van der Waals surface area contributed by atoms with Gasteiger partial charge in [-0.2, -0.15) is 16.8 Å². The highest BCUT2D eigenvalue weighted by Gasteiger charge is 2.39. The van der Waals surface area contributed by atoms with Crippen LogP contribution in [0.5, 0.6) is 0 Å². The van der Waals surface area contributed by atoms with E-state index >= 15 is 0 Å². The Morgan fingerprint density at radius 3 is 2.25 bits per heavy atom. The lowest BCUT2D eigenvalue weighted by atomic mass is 9.77. The van der Waals surface area contributed by atoms with Gasteiger partial charge in [-0.3, -0.25) is 9.11 Å². The summed E-state index contributed by atoms with van der Waals surface area (Å²) in [5.74, 6) is 0. The number of fused-ring (bicyclic) bond motifs is 1. The molecular weight excluding hydrogens is 620 g/mol. The number of anilines is 2. The first-order chi connectivity index (χ1) is 20.3. The minimum absolute atomic E-state index is 0.134. The van der Waals surface area contributed by atoms with E-state index in [1.165, 1.54) is 24.3 Å². The first-order valence-corrected chi connectivity index (χ1v) is 17.4. The summed E-state index contributed by atoms with van der Waals surface area (Å²) in [7, 11) is -5.02. The minimum atomic E-state index is -4.37. The van der Waals surface area contributed by atoms with E-state index in [9.17, 15) is 25.9 Å². The monoisotopic (exact) mass is 658 g/mol. The molecule has 1 heterocycles. The fraction of sp³-hybridized carbons (Fsp3) is 0.333. The van der Waals surface area contributed by atoms with E-state index in [1.807, 2.05) is 63.9 Å². The SMILES string of the molecule is C=C(/C=C/C1=C(Cl)C(=C/C=C2/N(C)c3ccc(S(=O)(=O)O)cc3C2(C)C)/CCC1)C(C)(C)c1cc(S(=O)(=O)O)ccc1NC. The zero-order valence-corrected chi connectivity index (χ0v) is 28.2. The van der Waals surface area contributed by atoms with E-state index in [4.69, 9.17) is 11.6 Å². The lowest BCUT2D eigenvalue weighted by Gasteiger charge is -2.29. The molecule has 4 rings (SSSR count). The van der Waals surface area contributed by atoms with E-state index < -0.39 is 31.1 Å². The van der Waals surface area contributed by atoms with Gasteiger partial charge in [0.05, 0.1) is 9.79 Å². The maximum atomic E-state index is 11.8. The fourth-order valence-corrected chi connectivity index (χ4v) is 7.19. The topological polar surface area (TPSA) is 124 Å². The zero-order valence-electron chi connectivity index (χ0n) is 25.8. The third-order valence-electron chi connectivity index (χ3n) is 8.72. The first kappa shape index (κ1) is 33.7. The Morgan fingerprint density at radius 1 is 1.02 bits per heavy atom. The van der Waals surface area contributed by atoms with Crippen LogP contribution in [0.4, 0.5) is 11.4 Å². The molecule has 0 saturated heterocycles. The van der Waals surface area contributed by atoms with E-state index in [0.29, 0.717) is 10.6 Å². The van der Waals surface area contributed by atoms with Crippen molar-refractivity contribution >= 4 is 43.2 Å². The highest BCUT2D eigenvalue weighted by Crippen LogP contribution is 2.48. The van der Waals surface area contributed by atoms with Gasteiger partial charge in [-0.25, -0.2) is 0 Å². The summed E-state index contributed by atoms with van der Waals surface area (Å²) in [6.07, 6.45) is 10.4. The molecule has 0 bridgehead atoms. The number of benzene rings is 2.